The number of alkyl halides is 1. The predicted octanol–water partition coefficient (Wildman–Crippen LogP) is 1.02. The molecule has 2 bridgehead atoms. The maximum atomic E-state index is 12.9. The normalized spacial score (nSPS) is 34.9. The number of aliphatic hydroxyl groups is 1. The highest BCUT2D eigenvalue weighted by atomic mass is 79.9. The van der Waals surface area contributed by atoms with E-state index >= 15 is 0 Å². The monoisotopic (exact) mass is 464 g/mol. The van der Waals surface area contributed by atoms with E-state index in [0.717, 1.165) is 24.1 Å². The number of carbonyl (C=O) groups is 2. The number of aromatic hydroxyl groups is 1. The molecule has 4 atom stereocenters. The van der Waals surface area contributed by atoms with Crippen molar-refractivity contribution in [3.63, 3.8) is 0 Å². The molecule has 7 nitrogen and oxygen atoms in total. The van der Waals surface area contributed by atoms with Crippen molar-refractivity contribution in [1.29, 1.82) is 0 Å². The zero-order valence-electron chi connectivity index (χ0n) is 16.1. The number of rotatable bonds is 4. The first-order chi connectivity index (χ1) is 13.9. The van der Waals surface area contributed by atoms with Gasteiger partial charge >= 0.3 is 0 Å². The van der Waals surface area contributed by atoms with Crippen LogP contribution in [0.25, 0.3) is 0 Å². The molecule has 29 heavy (non-hydrogen) atoms. The number of ether oxygens (including phenoxy) is 1. The summed E-state index contributed by atoms with van der Waals surface area (Å²) >= 11 is 3.16. The molecular weight excluding hydrogens is 440 g/mol. The molecule has 8 heteroatoms. The van der Waals surface area contributed by atoms with E-state index in [9.17, 15) is 19.8 Å². The van der Waals surface area contributed by atoms with Gasteiger partial charge in [-0.05, 0) is 43.9 Å². The number of likely N-dealkylation sites (tertiary alicyclic amines) is 1. The van der Waals surface area contributed by atoms with Gasteiger partial charge in [0.1, 0.15) is 0 Å². The SMILES string of the molecule is O=C(CBr)NCCN1CCCC23c4c5ccc(O)c4O[C@H]2C(=O)CC[C@@]3(O)[C@H]1C5. The minimum Gasteiger partial charge on any atom is -0.504 e. The van der Waals surface area contributed by atoms with E-state index in [4.69, 9.17) is 4.74 Å². The molecule has 4 aliphatic rings. The molecule has 2 heterocycles. The largest absolute Gasteiger partial charge is 0.504 e. The van der Waals surface area contributed by atoms with Crippen LogP contribution in [0.4, 0.5) is 0 Å². The van der Waals surface area contributed by atoms with Gasteiger partial charge in [-0.3, -0.25) is 14.5 Å². The Hall–Kier alpha value is -1.64. The fourth-order valence-corrected chi connectivity index (χ4v) is 6.51. The first-order valence-electron chi connectivity index (χ1n) is 10.3. The Balaban J connectivity index is 1.58. The molecule has 1 aromatic rings. The van der Waals surface area contributed by atoms with Gasteiger partial charge in [-0.1, -0.05) is 22.0 Å². The highest BCUT2D eigenvalue weighted by Gasteiger charge is 2.71. The molecule has 1 saturated heterocycles. The van der Waals surface area contributed by atoms with Crippen LogP contribution in [0.3, 0.4) is 0 Å². The number of benzene rings is 1. The summed E-state index contributed by atoms with van der Waals surface area (Å²) in [6, 6.07) is 3.38. The fraction of sp³-hybridized carbons (Fsp3) is 0.619. The maximum absolute atomic E-state index is 12.9. The van der Waals surface area contributed by atoms with Gasteiger partial charge in [-0.25, -0.2) is 0 Å². The van der Waals surface area contributed by atoms with Crippen LogP contribution in [-0.2, 0) is 21.4 Å². The Morgan fingerprint density at radius 3 is 3.00 bits per heavy atom. The van der Waals surface area contributed by atoms with E-state index in [0.29, 0.717) is 38.1 Å². The zero-order valence-corrected chi connectivity index (χ0v) is 17.7. The zero-order chi connectivity index (χ0) is 20.4. The lowest BCUT2D eigenvalue weighted by Gasteiger charge is -2.57. The van der Waals surface area contributed by atoms with Crippen molar-refractivity contribution >= 4 is 27.6 Å². The molecule has 2 aliphatic carbocycles. The molecule has 5 rings (SSSR count). The second-order valence-corrected chi connectivity index (χ2v) is 9.21. The van der Waals surface area contributed by atoms with Gasteiger partial charge in [-0.15, -0.1) is 0 Å². The number of phenolic OH excluding ortho intramolecular Hbond substituents is 1. The number of ketones is 1. The lowest BCUT2D eigenvalue weighted by atomic mass is 9.51. The van der Waals surface area contributed by atoms with Crippen molar-refractivity contribution < 1.29 is 24.5 Å². The van der Waals surface area contributed by atoms with Crippen molar-refractivity contribution in [3.05, 3.63) is 23.3 Å². The number of nitrogens with one attached hydrogen (secondary N) is 1. The summed E-state index contributed by atoms with van der Waals surface area (Å²) in [5.41, 5.74) is -0.0133. The topological polar surface area (TPSA) is 99.1 Å². The van der Waals surface area contributed by atoms with Gasteiger partial charge in [-0.2, -0.15) is 0 Å². The lowest BCUT2D eigenvalue weighted by molar-refractivity contribution is -0.165. The summed E-state index contributed by atoms with van der Waals surface area (Å²) in [7, 11) is 0. The van der Waals surface area contributed by atoms with E-state index in [-0.39, 0.29) is 35.2 Å². The number of phenols is 1. The number of Topliss-reactive ketones (excluding diaryl/α,β-unsaturated/α-hetero) is 1. The third-order valence-electron chi connectivity index (χ3n) is 7.43. The average molecular weight is 465 g/mol. The van der Waals surface area contributed by atoms with Crippen molar-refractivity contribution in [2.75, 3.05) is 25.0 Å². The smallest absolute Gasteiger partial charge is 0.230 e. The molecule has 0 aromatic heterocycles. The van der Waals surface area contributed by atoms with Crippen LogP contribution in [0.15, 0.2) is 12.1 Å². The number of hydrogen-bond acceptors (Lipinski definition) is 6. The molecule has 3 N–H and O–H groups in total. The summed E-state index contributed by atoms with van der Waals surface area (Å²) in [5.74, 6) is 0.379. The Morgan fingerprint density at radius 1 is 1.38 bits per heavy atom. The molecule has 1 unspecified atom stereocenters. The summed E-state index contributed by atoms with van der Waals surface area (Å²) < 4.78 is 6.06. The summed E-state index contributed by atoms with van der Waals surface area (Å²) in [4.78, 5) is 26.7. The molecule has 156 valence electrons. The van der Waals surface area contributed by atoms with Gasteiger partial charge in [0.2, 0.25) is 5.91 Å². The maximum Gasteiger partial charge on any atom is 0.230 e. The molecule has 0 radical (unpaired) electrons. The second kappa shape index (κ2) is 6.68. The van der Waals surface area contributed by atoms with Crippen LogP contribution < -0.4 is 10.1 Å². The third-order valence-corrected chi connectivity index (χ3v) is 7.94. The molecule has 1 amide bonds. The molecule has 1 aromatic carbocycles. The minimum absolute atomic E-state index is 0.00918. The lowest BCUT2D eigenvalue weighted by Crippen LogP contribution is -2.72. The van der Waals surface area contributed by atoms with E-state index < -0.39 is 17.1 Å². The van der Waals surface area contributed by atoms with Crippen molar-refractivity contribution in [2.45, 2.75) is 55.3 Å². The van der Waals surface area contributed by atoms with Crippen LogP contribution >= 0.6 is 15.9 Å². The third kappa shape index (κ3) is 2.48. The van der Waals surface area contributed by atoms with Crippen LogP contribution in [0.2, 0.25) is 0 Å². The highest BCUT2D eigenvalue weighted by Crippen LogP contribution is 2.64. The first-order valence-corrected chi connectivity index (χ1v) is 11.4. The van der Waals surface area contributed by atoms with E-state index in [1.165, 1.54) is 0 Å². The highest BCUT2D eigenvalue weighted by molar-refractivity contribution is 9.09. The van der Waals surface area contributed by atoms with E-state index in [2.05, 4.69) is 26.1 Å². The van der Waals surface area contributed by atoms with Gasteiger partial charge in [0.15, 0.2) is 23.4 Å². The van der Waals surface area contributed by atoms with Crippen molar-refractivity contribution in [1.82, 2.24) is 10.2 Å². The van der Waals surface area contributed by atoms with Crippen molar-refractivity contribution in [2.24, 2.45) is 0 Å². The van der Waals surface area contributed by atoms with E-state index in [1.54, 1.807) is 6.07 Å². The number of nitrogens with zero attached hydrogens (tertiary/aromatic N) is 1. The minimum atomic E-state index is -1.10. The van der Waals surface area contributed by atoms with Crippen LogP contribution in [0.5, 0.6) is 11.5 Å². The predicted molar refractivity (Wildman–Crippen MR) is 108 cm³/mol. The fourth-order valence-electron chi connectivity index (χ4n) is 6.31. The summed E-state index contributed by atoms with van der Waals surface area (Å²) in [6.45, 7) is 1.94. The van der Waals surface area contributed by atoms with Gasteiger partial charge in [0, 0.05) is 31.1 Å². The van der Waals surface area contributed by atoms with Crippen LogP contribution in [-0.4, -0.2) is 69.5 Å². The van der Waals surface area contributed by atoms with Gasteiger partial charge in [0.25, 0.3) is 0 Å². The summed E-state index contributed by atoms with van der Waals surface area (Å²) in [5, 5.41) is 25.8. The molecular formula is C21H25BrN2O5. The Bertz CT molecular complexity index is 892. The van der Waals surface area contributed by atoms with Crippen molar-refractivity contribution in [3.8, 4) is 11.5 Å². The Morgan fingerprint density at radius 2 is 2.21 bits per heavy atom. The molecule has 2 fully saturated rings. The molecule has 1 spiro atoms. The van der Waals surface area contributed by atoms with E-state index in [1.807, 2.05) is 6.07 Å². The first kappa shape index (κ1) is 19.3. The van der Waals surface area contributed by atoms with Crippen LogP contribution in [0.1, 0.15) is 36.8 Å². The standard InChI is InChI=1S/C21H25BrN2O5/c22-11-16(27)23-7-9-24-8-1-5-20-17-12-2-3-13(25)18(17)29-19(20)14(26)4-6-21(20,28)15(24)10-12/h2-3,15,19,25,28H,1,4-11H2,(H,23,27)/t15-,19+,20?,21-/m1/s1. The number of amides is 1. The average Bonchev–Trinajstić information content (AvgIpc) is 3.05. The number of carbonyl (C=O) groups excluding carboxylic acids is 2. The Labute approximate surface area is 177 Å². The molecule has 2 aliphatic heterocycles. The Kier molecular flexibility index (Phi) is 4.46. The molecule has 1 saturated carbocycles. The quantitative estimate of drug-likeness (QED) is 0.575. The summed E-state index contributed by atoms with van der Waals surface area (Å²) in [6.07, 6.45) is 2.03. The van der Waals surface area contributed by atoms with Crippen LogP contribution in [0, 0.1) is 0 Å². The van der Waals surface area contributed by atoms with Gasteiger partial charge in [0.05, 0.1) is 16.3 Å². The number of hydrogen-bond donors (Lipinski definition) is 3. The number of halogens is 1. The second-order valence-electron chi connectivity index (χ2n) is 8.65. The van der Waals surface area contributed by atoms with Gasteiger partial charge < -0.3 is 20.3 Å².